The van der Waals surface area contributed by atoms with Gasteiger partial charge in [0.1, 0.15) is 0 Å². The van der Waals surface area contributed by atoms with Gasteiger partial charge in [0.2, 0.25) is 0 Å². The fourth-order valence-electron chi connectivity index (χ4n) is 2.72. The molecule has 0 bridgehead atoms. The molecule has 0 amide bonds. The van der Waals surface area contributed by atoms with Crippen LogP contribution in [0.15, 0.2) is 18.2 Å². The van der Waals surface area contributed by atoms with Gasteiger partial charge in [-0.3, -0.25) is 0 Å². The number of anilines is 1. The number of hydrogen-bond acceptors (Lipinski definition) is 2. The molecule has 1 aromatic carbocycles. The molecular weight excluding hydrogens is 196 g/mol. The van der Waals surface area contributed by atoms with E-state index in [-0.39, 0.29) is 0 Å². The topological polar surface area (TPSA) is 15.3 Å². The average molecular weight is 218 g/mol. The lowest BCUT2D eigenvalue weighted by molar-refractivity contribution is 0.566. The van der Waals surface area contributed by atoms with E-state index in [0.29, 0.717) is 6.04 Å². The highest BCUT2D eigenvalue weighted by Crippen LogP contribution is 2.33. The van der Waals surface area contributed by atoms with Crippen LogP contribution in [0.2, 0.25) is 0 Å². The Balaban J connectivity index is 2.18. The van der Waals surface area contributed by atoms with Gasteiger partial charge in [0.15, 0.2) is 0 Å². The molecule has 2 nitrogen and oxygen atoms in total. The molecule has 1 aromatic rings. The second-order valence-electron chi connectivity index (χ2n) is 4.67. The molecule has 1 aliphatic heterocycles. The van der Waals surface area contributed by atoms with Gasteiger partial charge in [-0.05, 0) is 51.9 Å². The summed E-state index contributed by atoms with van der Waals surface area (Å²) in [5.74, 6) is 0. The molecule has 1 aliphatic rings. The maximum atomic E-state index is 3.25. The van der Waals surface area contributed by atoms with Crippen molar-refractivity contribution >= 4 is 5.69 Å². The Hall–Kier alpha value is -1.02. The van der Waals surface area contributed by atoms with Gasteiger partial charge in [0, 0.05) is 18.3 Å². The van der Waals surface area contributed by atoms with Gasteiger partial charge in [-0.25, -0.2) is 0 Å². The van der Waals surface area contributed by atoms with Gasteiger partial charge in [-0.1, -0.05) is 17.7 Å². The normalized spacial score (nSPS) is 18.9. The summed E-state index contributed by atoms with van der Waals surface area (Å²) >= 11 is 0. The van der Waals surface area contributed by atoms with Crippen LogP contribution in [0, 0.1) is 6.92 Å². The van der Waals surface area contributed by atoms with E-state index < -0.39 is 0 Å². The lowest BCUT2D eigenvalue weighted by atomic mass is 10.1. The molecule has 0 radical (unpaired) electrons. The zero-order valence-electron chi connectivity index (χ0n) is 10.6. The number of fused-ring (bicyclic) bond motifs is 1. The van der Waals surface area contributed by atoms with Crippen molar-refractivity contribution in [2.24, 2.45) is 0 Å². The van der Waals surface area contributed by atoms with Crippen molar-refractivity contribution in [1.29, 1.82) is 0 Å². The molecule has 16 heavy (non-hydrogen) atoms. The number of nitrogens with one attached hydrogen (secondary N) is 1. The van der Waals surface area contributed by atoms with Crippen LogP contribution < -0.4 is 10.2 Å². The third-order valence-electron chi connectivity index (χ3n) is 3.51. The van der Waals surface area contributed by atoms with Crippen LogP contribution in [0.3, 0.4) is 0 Å². The van der Waals surface area contributed by atoms with Crippen LogP contribution in [0.4, 0.5) is 5.69 Å². The first-order chi connectivity index (χ1) is 7.76. The van der Waals surface area contributed by atoms with E-state index in [1.165, 1.54) is 29.7 Å². The molecular formula is C14H22N2. The van der Waals surface area contributed by atoms with Crippen LogP contribution in [0.5, 0.6) is 0 Å². The highest BCUT2D eigenvalue weighted by atomic mass is 15.2. The van der Waals surface area contributed by atoms with Crippen LogP contribution >= 0.6 is 0 Å². The third-order valence-corrected chi connectivity index (χ3v) is 3.51. The Kier molecular flexibility index (Phi) is 3.49. The van der Waals surface area contributed by atoms with Crippen molar-refractivity contribution in [3.63, 3.8) is 0 Å². The van der Waals surface area contributed by atoms with Crippen molar-refractivity contribution in [1.82, 2.24) is 5.32 Å². The number of hydrogen-bond donors (Lipinski definition) is 1. The van der Waals surface area contributed by atoms with Gasteiger partial charge < -0.3 is 10.2 Å². The molecule has 88 valence electrons. The molecule has 0 saturated heterocycles. The molecule has 0 spiro atoms. The van der Waals surface area contributed by atoms with Crippen LogP contribution in [-0.4, -0.2) is 26.2 Å². The Morgan fingerprint density at radius 3 is 2.94 bits per heavy atom. The van der Waals surface area contributed by atoms with Crippen molar-refractivity contribution in [2.45, 2.75) is 32.7 Å². The molecule has 2 rings (SSSR count). The smallest absolute Gasteiger partial charge is 0.0402 e. The SMILES string of the molecule is CCN1c2ccc(C)cc2CC1CCNC. The lowest BCUT2D eigenvalue weighted by Crippen LogP contribution is -2.33. The van der Waals surface area contributed by atoms with Crippen LogP contribution in [0.1, 0.15) is 24.5 Å². The monoisotopic (exact) mass is 218 g/mol. The predicted octanol–water partition coefficient (Wildman–Crippen LogP) is 2.36. The minimum Gasteiger partial charge on any atom is -0.368 e. The molecule has 2 heteroatoms. The summed E-state index contributed by atoms with van der Waals surface area (Å²) in [6.45, 7) is 6.65. The van der Waals surface area contributed by atoms with Crippen LogP contribution in [-0.2, 0) is 6.42 Å². The number of nitrogens with zero attached hydrogens (tertiary/aromatic N) is 1. The molecule has 0 fully saturated rings. The van der Waals surface area contributed by atoms with Gasteiger partial charge in [-0.15, -0.1) is 0 Å². The van der Waals surface area contributed by atoms with Gasteiger partial charge in [0.25, 0.3) is 0 Å². The molecule has 1 N–H and O–H groups in total. The van der Waals surface area contributed by atoms with Gasteiger partial charge in [-0.2, -0.15) is 0 Å². The second-order valence-corrected chi connectivity index (χ2v) is 4.67. The number of likely N-dealkylation sites (N-methyl/N-ethyl adjacent to an activating group) is 1. The lowest BCUT2D eigenvalue weighted by Gasteiger charge is -2.26. The zero-order chi connectivity index (χ0) is 11.5. The first-order valence-corrected chi connectivity index (χ1v) is 6.27. The van der Waals surface area contributed by atoms with Crippen molar-refractivity contribution in [3.05, 3.63) is 29.3 Å². The average Bonchev–Trinajstić information content (AvgIpc) is 2.62. The maximum absolute atomic E-state index is 3.25. The highest BCUT2D eigenvalue weighted by molar-refractivity contribution is 5.60. The summed E-state index contributed by atoms with van der Waals surface area (Å²) in [6.07, 6.45) is 2.45. The van der Waals surface area contributed by atoms with E-state index in [0.717, 1.165) is 13.1 Å². The molecule has 1 unspecified atom stereocenters. The van der Waals surface area contributed by atoms with Gasteiger partial charge >= 0.3 is 0 Å². The molecule has 0 aromatic heterocycles. The van der Waals surface area contributed by atoms with E-state index in [4.69, 9.17) is 0 Å². The van der Waals surface area contributed by atoms with Gasteiger partial charge in [0.05, 0.1) is 0 Å². The standard InChI is InChI=1S/C14H22N2/c1-4-16-13(7-8-15-3)10-12-9-11(2)5-6-14(12)16/h5-6,9,13,15H,4,7-8,10H2,1-3H3. The third kappa shape index (κ3) is 2.07. The second kappa shape index (κ2) is 4.88. The Bertz CT molecular complexity index is 360. The van der Waals surface area contributed by atoms with Crippen LogP contribution in [0.25, 0.3) is 0 Å². The quantitative estimate of drug-likeness (QED) is 0.834. The summed E-state index contributed by atoms with van der Waals surface area (Å²) in [5, 5.41) is 3.25. The largest absolute Gasteiger partial charge is 0.368 e. The molecule has 0 aliphatic carbocycles. The fraction of sp³-hybridized carbons (Fsp3) is 0.571. The minimum atomic E-state index is 0.689. The Morgan fingerprint density at radius 1 is 1.44 bits per heavy atom. The summed E-state index contributed by atoms with van der Waals surface area (Å²) in [4.78, 5) is 2.55. The highest BCUT2D eigenvalue weighted by Gasteiger charge is 2.27. The molecule has 1 atom stereocenters. The van der Waals surface area contributed by atoms with E-state index in [2.05, 4.69) is 42.3 Å². The maximum Gasteiger partial charge on any atom is 0.0402 e. The number of rotatable bonds is 4. The predicted molar refractivity (Wildman–Crippen MR) is 70.2 cm³/mol. The molecule has 0 saturated carbocycles. The Labute approximate surface area is 98.7 Å². The summed E-state index contributed by atoms with van der Waals surface area (Å²) in [6, 6.07) is 7.54. The summed E-state index contributed by atoms with van der Waals surface area (Å²) in [5.41, 5.74) is 4.36. The first-order valence-electron chi connectivity index (χ1n) is 6.27. The minimum absolute atomic E-state index is 0.689. The first kappa shape index (κ1) is 11.5. The van der Waals surface area contributed by atoms with Crippen molar-refractivity contribution < 1.29 is 0 Å². The number of benzene rings is 1. The summed E-state index contributed by atoms with van der Waals surface area (Å²) in [7, 11) is 2.03. The van der Waals surface area contributed by atoms with E-state index in [9.17, 15) is 0 Å². The molecule has 1 heterocycles. The van der Waals surface area contributed by atoms with Crippen molar-refractivity contribution in [2.75, 3.05) is 25.0 Å². The fourth-order valence-corrected chi connectivity index (χ4v) is 2.72. The Morgan fingerprint density at radius 2 is 2.25 bits per heavy atom. The zero-order valence-corrected chi connectivity index (χ0v) is 10.6. The number of aryl methyl sites for hydroxylation is 1. The van der Waals surface area contributed by atoms with E-state index in [1.54, 1.807) is 0 Å². The van der Waals surface area contributed by atoms with E-state index in [1.807, 2.05) is 7.05 Å². The van der Waals surface area contributed by atoms with E-state index >= 15 is 0 Å². The van der Waals surface area contributed by atoms with Crippen molar-refractivity contribution in [3.8, 4) is 0 Å². The summed E-state index contributed by atoms with van der Waals surface area (Å²) < 4.78 is 0.